The topological polar surface area (TPSA) is 58.6 Å². The molecule has 0 saturated carbocycles. The van der Waals surface area contributed by atoms with E-state index in [1.165, 1.54) is 17.4 Å². The number of rotatable bonds is 5. The summed E-state index contributed by atoms with van der Waals surface area (Å²) >= 11 is 0. The monoisotopic (exact) mass is 332 g/mol. The van der Waals surface area contributed by atoms with Crippen molar-refractivity contribution in [2.24, 2.45) is 0 Å². The summed E-state index contributed by atoms with van der Waals surface area (Å²) in [4.78, 5) is 13.9. The number of amides is 2. The lowest BCUT2D eigenvalue weighted by molar-refractivity contribution is 0.195. The van der Waals surface area contributed by atoms with Crippen molar-refractivity contribution in [1.82, 2.24) is 4.90 Å². The molecule has 3 aromatic rings. The average molecular weight is 332 g/mol. The van der Waals surface area contributed by atoms with Crippen molar-refractivity contribution in [1.29, 1.82) is 0 Å². The quantitative estimate of drug-likeness (QED) is 0.754. The molecule has 2 heterocycles. The molecule has 3 rings (SSSR count). The largest absolute Gasteiger partial charge is 0.467 e. The smallest absolute Gasteiger partial charge is 0.322 e. The van der Waals surface area contributed by atoms with Gasteiger partial charge in [0, 0.05) is 11.8 Å². The highest BCUT2D eigenvalue weighted by atomic mass is 19.1. The molecule has 1 aromatic carbocycles. The lowest BCUT2D eigenvalue weighted by Gasteiger charge is -2.21. The van der Waals surface area contributed by atoms with E-state index in [1.54, 1.807) is 24.3 Å². The van der Waals surface area contributed by atoms with E-state index >= 15 is 0 Å². The van der Waals surface area contributed by atoms with E-state index in [0.717, 1.165) is 18.2 Å². The zero-order valence-electron chi connectivity index (χ0n) is 12.5. The third-order valence-electron chi connectivity index (χ3n) is 3.25. The van der Waals surface area contributed by atoms with Crippen LogP contribution >= 0.6 is 0 Å². The highest BCUT2D eigenvalue weighted by Gasteiger charge is 2.18. The van der Waals surface area contributed by atoms with Gasteiger partial charge in [-0.2, -0.15) is 0 Å². The van der Waals surface area contributed by atoms with E-state index in [-0.39, 0.29) is 18.8 Å². The number of hydrogen-bond acceptors (Lipinski definition) is 3. The van der Waals surface area contributed by atoms with Gasteiger partial charge in [0.25, 0.3) is 0 Å². The number of hydrogen-bond donors (Lipinski definition) is 1. The van der Waals surface area contributed by atoms with Crippen LogP contribution in [0.5, 0.6) is 0 Å². The molecule has 0 saturated heterocycles. The molecule has 24 heavy (non-hydrogen) atoms. The second-order valence-corrected chi connectivity index (χ2v) is 5.10. The van der Waals surface area contributed by atoms with E-state index in [0.29, 0.717) is 11.5 Å². The van der Waals surface area contributed by atoms with Crippen molar-refractivity contribution in [3.8, 4) is 0 Å². The molecule has 1 N–H and O–H groups in total. The number of carbonyl (C=O) groups is 1. The van der Waals surface area contributed by atoms with Gasteiger partial charge < -0.3 is 19.1 Å². The molecule has 0 bridgehead atoms. The molecular formula is C17H14F2N2O3. The molecule has 2 aromatic heterocycles. The number of furan rings is 2. The van der Waals surface area contributed by atoms with Gasteiger partial charge in [0.05, 0.1) is 25.6 Å². The van der Waals surface area contributed by atoms with Crippen molar-refractivity contribution in [2.75, 3.05) is 5.32 Å². The number of nitrogens with one attached hydrogen (secondary N) is 1. The number of benzene rings is 1. The predicted molar refractivity (Wildman–Crippen MR) is 82.0 cm³/mol. The number of urea groups is 1. The van der Waals surface area contributed by atoms with Gasteiger partial charge >= 0.3 is 6.03 Å². The van der Waals surface area contributed by atoms with Gasteiger partial charge in [-0.1, -0.05) is 0 Å². The summed E-state index contributed by atoms with van der Waals surface area (Å²) in [6.07, 6.45) is 3.00. The first-order chi connectivity index (χ1) is 11.6. The minimum Gasteiger partial charge on any atom is -0.467 e. The fourth-order valence-corrected chi connectivity index (χ4v) is 2.21. The van der Waals surface area contributed by atoms with Crippen LogP contribution in [-0.4, -0.2) is 10.9 Å². The van der Waals surface area contributed by atoms with E-state index in [9.17, 15) is 13.6 Å². The Balaban J connectivity index is 1.76. The highest BCUT2D eigenvalue weighted by molar-refractivity contribution is 5.89. The SMILES string of the molecule is O=C(Nc1cc(F)cc(F)c1)N(Cc1ccco1)Cc1ccco1. The summed E-state index contributed by atoms with van der Waals surface area (Å²) in [6, 6.07) is 9.15. The fourth-order valence-electron chi connectivity index (χ4n) is 2.21. The molecule has 5 nitrogen and oxygen atoms in total. The molecule has 7 heteroatoms. The summed E-state index contributed by atoms with van der Waals surface area (Å²) in [5, 5.41) is 2.47. The lowest BCUT2D eigenvalue weighted by Crippen LogP contribution is -2.33. The maximum Gasteiger partial charge on any atom is 0.322 e. The lowest BCUT2D eigenvalue weighted by atomic mass is 10.3. The molecule has 0 radical (unpaired) electrons. The van der Waals surface area contributed by atoms with E-state index in [4.69, 9.17) is 8.83 Å². The predicted octanol–water partition coefficient (Wildman–Crippen LogP) is 4.39. The van der Waals surface area contributed by atoms with Crippen LogP contribution in [0.25, 0.3) is 0 Å². The molecule has 0 spiro atoms. The number of halogens is 2. The highest BCUT2D eigenvalue weighted by Crippen LogP contribution is 2.16. The Hall–Kier alpha value is -3.09. The van der Waals surface area contributed by atoms with Gasteiger partial charge in [0.1, 0.15) is 23.2 Å². The standard InChI is InChI=1S/C17H14F2N2O3/c18-12-7-13(19)9-14(8-12)20-17(22)21(10-15-3-1-5-23-15)11-16-4-2-6-24-16/h1-9H,10-11H2,(H,20,22). The molecular weight excluding hydrogens is 318 g/mol. The van der Waals surface area contributed by atoms with Gasteiger partial charge in [-0.05, 0) is 36.4 Å². The normalized spacial score (nSPS) is 10.6. The van der Waals surface area contributed by atoms with Gasteiger partial charge in [-0.25, -0.2) is 13.6 Å². The van der Waals surface area contributed by atoms with Crippen LogP contribution in [0.15, 0.2) is 63.8 Å². The minimum atomic E-state index is -0.770. The van der Waals surface area contributed by atoms with Crippen molar-refractivity contribution >= 4 is 11.7 Å². The van der Waals surface area contributed by atoms with E-state index in [2.05, 4.69) is 5.32 Å². The van der Waals surface area contributed by atoms with Crippen LogP contribution in [0.4, 0.5) is 19.3 Å². The van der Waals surface area contributed by atoms with Gasteiger partial charge in [0.15, 0.2) is 0 Å². The third-order valence-corrected chi connectivity index (χ3v) is 3.25. The zero-order chi connectivity index (χ0) is 16.9. The molecule has 124 valence electrons. The maximum atomic E-state index is 13.3. The zero-order valence-corrected chi connectivity index (χ0v) is 12.5. The second kappa shape index (κ2) is 6.99. The molecule has 0 fully saturated rings. The van der Waals surface area contributed by atoms with Crippen LogP contribution in [-0.2, 0) is 13.1 Å². The van der Waals surface area contributed by atoms with Crippen LogP contribution < -0.4 is 5.32 Å². The van der Waals surface area contributed by atoms with Gasteiger partial charge in [0.2, 0.25) is 0 Å². The van der Waals surface area contributed by atoms with Crippen LogP contribution in [0.2, 0.25) is 0 Å². The van der Waals surface area contributed by atoms with Gasteiger partial charge in [-0.15, -0.1) is 0 Å². The molecule has 2 amide bonds. The average Bonchev–Trinajstić information content (AvgIpc) is 3.19. The Morgan fingerprint density at radius 1 is 0.958 bits per heavy atom. The Kier molecular flexibility index (Phi) is 4.60. The molecule has 0 unspecified atom stereocenters. The molecule has 0 aliphatic heterocycles. The van der Waals surface area contributed by atoms with Crippen molar-refractivity contribution in [3.05, 3.63) is 78.1 Å². The van der Waals surface area contributed by atoms with Crippen molar-refractivity contribution < 1.29 is 22.4 Å². The summed E-state index contributed by atoms with van der Waals surface area (Å²) in [7, 11) is 0. The third kappa shape index (κ3) is 4.01. The molecule has 0 atom stereocenters. The minimum absolute atomic E-state index is 0.0291. The van der Waals surface area contributed by atoms with E-state index in [1.807, 2.05) is 0 Å². The first-order valence-electron chi connectivity index (χ1n) is 7.17. The van der Waals surface area contributed by atoms with Crippen molar-refractivity contribution in [3.63, 3.8) is 0 Å². The Morgan fingerprint density at radius 2 is 1.50 bits per heavy atom. The first kappa shape index (κ1) is 15.8. The van der Waals surface area contributed by atoms with Gasteiger partial charge in [-0.3, -0.25) is 0 Å². The molecule has 0 aliphatic carbocycles. The second-order valence-electron chi connectivity index (χ2n) is 5.10. The first-order valence-corrected chi connectivity index (χ1v) is 7.17. The number of nitrogens with zero attached hydrogens (tertiary/aromatic N) is 1. The van der Waals surface area contributed by atoms with Crippen LogP contribution in [0.1, 0.15) is 11.5 Å². The number of anilines is 1. The fraction of sp³-hybridized carbons (Fsp3) is 0.118. The summed E-state index contributed by atoms with van der Waals surface area (Å²) in [5.74, 6) is -0.396. The Morgan fingerprint density at radius 3 is 1.96 bits per heavy atom. The Bertz CT molecular complexity index is 745. The van der Waals surface area contributed by atoms with Crippen LogP contribution in [0.3, 0.4) is 0 Å². The van der Waals surface area contributed by atoms with Crippen LogP contribution in [0, 0.1) is 11.6 Å². The van der Waals surface area contributed by atoms with Crippen molar-refractivity contribution in [2.45, 2.75) is 13.1 Å². The maximum absolute atomic E-state index is 13.3. The van der Waals surface area contributed by atoms with E-state index < -0.39 is 17.7 Å². The molecule has 0 aliphatic rings. The number of carbonyl (C=O) groups excluding carboxylic acids is 1. The Labute approximate surface area is 136 Å². The summed E-state index contributed by atoms with van der Waals surface area (Å²) in [5.41, 5.74) is 0.0291. The summed E-state index contributed by atoms with van der Waals surface area (Å²) < 4.78 is 37.0. The summed E-state index contributed by atoms with van der Waals surface area (Å²) in [6.45, 7) is 0.356.